The van der Waals surface area contributed by atoms with Crippen molar-refractivity contribution < 1.29 is 24.0 Å². The number of nitrogens with zero attached hydrogens (tertiary/aromatic N) is 2. The first kappa shape index (κ1) is 21.7. The highest BCUT2D eigenvalue weighted by molar-refractivity contribution is 8.26. The van der Waals surface area contributed by atoms with Gasteiger partial charge in [0.15, 0.2) is 0 Å². The molecule has 0 saturated carbocycles. The molecular formula is C20H18N2O6S2. The Hall–Kier alpha value is -2.98. The van der Waals surface area contributed by atoms with Gasteiger partial charge in [-0.2, -0.15) is 0 Å². The van der Waals surface area contributed by atoms with Crippen LogP contribution in [-0.2, 0) is 9.59 Å². The number of thioether (sulfide) groups is 1. The number of unbranched alkanes of at least 4 members (excludes halogenated alkanes) is 2. The number of thiocarbonyl (C=S) groups is 1. The van der Waals surface area contributed by atoms with E-state index in [9.17, 15) is 19.7 Å². The van der Waals surface area contributed by atoms with E-state index in [1.54, 1.807) is 36.4 Å². The number of furan rings is 1. The normalized spacial score (nSPS) is 15.2. The fourth-order valence-electron chi connectivity index (χ4n) is 2.96. The molecule has 0 unspecified atom stereocenters. The molecule has 2 aromatic rings. The first-order chi connectivity index (χ1) is 14.4. The van der Waals surface area contributed by atoms with Gasteiger partial charge in [0.05, 0.1) is 15.4 Å². The molecule has 156 valence electrons. The molecule has 0 bridgehead atoms. The molecule has 2 heterocycles. The van der Waals surface area contributed by atoms with Gasteiger partial charge in [0, 0.05) is 25.1 Å². The van der Waals surface area contributed by atoms with E-state index >= 15 is 0 Å². The average Bonchev–Trinajstić information content (AvgIpc) is 3.27. The van der Waals surface area contributed by atoms with Crippen LogP contribution in [0.3, 0.4) is 0 Å². The lowest BCUT2D eigenvalue weighted by atomic mass is 10.1. The lowest BCUT2D eigenvalue weighted by molar-refractivity contribution is -0.384. The van der Waals surface area contributed by atoms with Crippen LogP contribution in [0, 0.1) is 10.1 Å². The summed E-state index contributed by atoms with van der Waals surface area (Å²) in [7, 11) is 0. The molecule has 1 fully saturated rings. The molecule has 1 N–H and O–H groups in total. The number of carboxylic acids is 1. The largest absolute Gasteiger partial charge is 0.481 e. The van der Waals surface area contributed by atoms with Crippen molar-refractivity contribution >= 4 is 51.9 Å². The lowest BCUT2D eigenvalue weighted by Gasteiger charge is -2.13. The number of nitro groups is 1. The number of aliphatic carboxylic acids is 1. The fourth-order valence-corrected chi connectivity index (χ4v) is 4.25. The van der Waals surface area contributed by atoms with Crippen LogP contribution in [0.1, 0.15) is 31.4 Å². The zero-order chi connectivity index (χ0) is 21.7. The van der Waals surface area contributed by atoms with E-state index in [2.05, 4.69) is 0 Å². The lowest BCUT2D eigenvalue weighted by Crippen LogP contribution is -2.29. The van der Waals surface area contributed by atoms with Crippen LogP contribution in [0.15, 0.2) is 45.7 Å². The quantitative estimate of drug-likeness (QED) is 0.194. The molecule has 10 heteroatoms. The summed E-state index contributed by atoms with van der Waals surface area (Å²) < 4.78 is 6.15. The summed E-state index contributed by atoms with van der Waals surface area (Å²) in [5.41, 5.74) is 0.295. The van der Waals surface area contributed by atoms with Gasteiger partial charge in [-0.1, -0.05) is 42.5 Å². The van der Waals surface area contributed by atoms with Crippen molar-refractivity contribution in [2.45, 2.75) is 25.7 Å². The molecule has 3 rings (SSSR count). The van der Waals surface area contributed by atoms with Crippen molar-refractivity contribution in [3.8, 4) is 11.3 Å². The van der Waals surface area contributed by atoms with Crippen molar-refractivity contribution in [1.82, 2.24) is 4.90 Å². The number of carbonyl (C=O) groups excluding carboxylic acids is 1. The minimum atomic E-state index is -0.831. The van der Waals surface area contributed by atoms with E-state index in [0.29, 0.717) is 52.1 Å². The Balaban J connectivity index is 1.68. The maximum absolute atomic E-state index is 12.6. The third-order valence-electron chi connectivity index (χ3n) is 4.41. The Morgan fingerprint density at radius 1 is 1.23 bits per heavy atom. The molecule has 0 aliphatic carbocycles. The number of hydrogen-bond acceptors (Lipinski definition) is 7. The summed E-state index contributed by atoms with van der Waals surface area (Å²) in [4.78, 5) is 35.8. The van der Waals surface area contributed by atoms with Crippen molar-refractivity contribution in [3.63, 3.8) is 0 Å². The standard InChI is InChI=1S/C20H18N2O6S2/c23-18(24)8-2-1-5-11-21-19(25)17(30-20(21)29)12-13-9-10-16(28-13)14-6-3-4-7-15(14)22(26)27/h3-4,6-7,9-10,12H,1-2,5,8,11H2,(H,23,24)/b17-12+. The van der Waals surface area contributed by atoms with Crippen LogP contribution in [0.25, 0.3) is 17.4 Å². The Kier molecular flexibility index (Phi) is 7.01. The molecule has 30 heavy (non-hydrogen) atoms. The smallest absolute Gasteiger partial charge is 0.303 e. The molecule has 1 saturated heterocycles. The Bertz CT molecular complexity index is 1030. The van der Waals surface area contributed by atoms with Gasteiger partial charge >= 0.3 is 5.97 Å². The Labute approximate surface area is 181 Å². The topological polar surface area (TPSA) is 114 Å². The predicted molar refractivity (Wildman–Crippen MR) is 117 cm³/mol. The van der Waals surface area contributed by atoms with Gasteiger partial charge in [0.1, 0.15) is 15.8 Å². The average molecular weight is 447 g/mol. The molecule has 0 atom stereocenters. The van der Waals surface area contributed by atoms with Gasteiger partial charge in [0.2, 0.25) is 0 Å². The van der Waals surface area contributed by atoms with Crippen LogP contribution < -0.4 is 0 Å². The van der Waals surface area contributed by atoms with Crippen LogP contribution in [0.2, 0.25) is 0 Å². The number of para-hydroxylation sites is 1. The number of nitro benzene ring substituents is 1. The van der Waals surface area contributed by atoms with E-state index in [-0.39, 0.29) is 18.0 Å². The second-order valence-electron chi connectivity index (χ2n) is 6.51. The summed E-state index contributed by atoms with van der Waals surface area (Å²) in [5, 5.41) is 19.9. The van der Waals surface area contributed by atoms with Gasteiger partial charge in [0.25, 0.3) is 11.6 Å². The summed E-state index contributed by atoms with van der Waals surface area (Å²) in [6, 6.07) is 9.54. The molecule has 0 radical (unpaired) electrons. The first-order valence-electron chi connectivity index (χ1n) is 9.17. The minimum Gasteiger partial charge on any atom is -0.481 e. The molecular weight excluding hydrogens is 428 g/mol. The van der Waals surface area contributed by atoms with Crippen molar-refractivity contribution in [2.24, 2.45) is 0 Å². The Morgan fingerprint density at radius 2 is 2.00 bits per heavy atom. The first-order valence-corrected chi connectivity index (χ1v) is 10.4. The van der Waals surface area contributed by atoms with Gasteiger partial charge < -0.3 is 9.52 Å². The highest BCUT2D eigenvalue weighted by atomic mass is 32.2. The third-order valence-corrected chi connectivity index (χ3v) is 5.79. The van der Waals surface area contributed by atoms with Gasteiger partial charge in [-0.05, 0) is 31.0 Å². The summed E-state index contributed by atoms with van der Waals surface area (Å²) in [6.07, 6.45) is 3.59. The number of hydrogen-bond donors (Lipinski definition) is 1. The molecule has 1 amide bonds. The molecule has 1 aliphatic rings. The SMILES string of the molecule is O=C(O)CCCCCN1C(=O)/C(=C\c2ccc(-c3ccccc3[N+](=O)[O-])o2)SC1=S. The van der Waals surface area contributed by atoms with Crippen molar-refractivity contribution in [2.75, 3.05) is 6.54 Å². The molecule has 8 nitrogen and oxygen atoms in total. The van der Waals surface area contributed by atoms with E-state index in [1.807, 2.05) is 0 Å². The number of benzene rings is 1. The molecule has 0 spiro atoms. The fraction of sp³-hybridized carbons (Fsp3) is 0.250. The zero-order valence-corrected chi connectivity index (χ0v) is 17.4. The summed E-state index contributed by atoms with van der Waals surface area (Å²) >= 11 is 6.45. The van der Waals surface area contributed by atoms with Crippen molar-refractivity contribution in [3.05, 3.63) is 57.2 Å². The van der Waals surface area contributed by atoms with Gasteiger partial charge in [-0.15, -0.1) is 0 Å². The Morgan fingerprint density at radius 3 is 2.73 bits per heavy atom. The maximum Gasteiger partial charge on any atom is 0.303 e. The predicted octanol–water partition coefficient (Wildman–Crippen LogP) is 4.70. The monoisotopic (exact) mass is 446 g/mol. The number of amides is 1. The summed E-state index contributed by atoms with van der Waals surface area (Å²) in [6.45, 7) is 0.432. The number of rotatable bonds is 9. The zero-order valence-electron chi connectivity index (χ0n) is 15.8. The highest BCUT2D eigenvalue weighted by Gasteiger charge is 2.31. The molecule has 1 aliphatic heterocycles. The van der Waals surface area contributed by atoms with E-state index in [0.717, 1.165) is 0 Å². The van der Waals surface area contributed by atoms with Crippen LogP contribution in [0.4, 0.5) is 5.69 Å². The van der Waals surface area contributed by atoms with E-state index < -0.39 is 10.9 Å². The number of carbonyl (C=O) groups is 2. The third kappa shape index (κ3) is 5.14. The van der Waals surface area contributed by atoms with Crippen LogP contribution in [-0.4, -0.2) is 37.7 Å². The second-order valence-corrected chi connectivity index (χ2v) is 8.19. The highest BCUT2D eigenvalue weighted by Crippen LogP contribution is 2.35. The molecule has 1 aromatic heterocycles. The minimum absolute atomic E-state index is 0.0624. The van der Waals surface area contributed by atoms with Gasteiger partial charge in [-0.25, -0.2) is 0 Å². The van der Waals surface area contributed by atoms with Gasteiger partial charge in [-0.3, -0.25) is 24.6 Å². The van der Waals surface area contributed by atoms with E-state index in [1.165, 1.54) is 22.7 Å². The summed E-state index contributed by atoms with van der Waals surface area (Å²) in [5.74, 6) is -0.332. The second kappa shape index (κ2) is 9.68. The van der Waals surface area contributed by atoms with Crippen LogP contribution >= 0.6 is 24.0 Å². The van der Waals surface area contributed by atoms with E-state index in [4.69, 9.17) is 21.7 Å². The number of carboxylic acid groups (broad SMARTS) is 1. The molecule has 1 aromatic carbocycles. The van der Waals surface area contributed by atoms with Crippen LogP contribution in [0.5, 0.6) is 0 Å². The van der Waals surface area contributed by atoms with Crippen molar-refractivity contribution in [1.29, 1.82) is 0 Å². The maximum atomic E-state index is 12.6.